The van der Waals surface area contributed by atoms with Gasteiger partial charge in [0.05, 0.1) is 34.3 Å². The Balaban J connectivity index is 1.50. The van der Waals surface area contributed by atoms with Crippen LogP contribution < -0.4 is 15.5 Å². The van der Waals surface area contributed by atoms with Gasteiger partial charge in [-0.05, 0) is 63.8 Å². The highest BCUT2D eigenvalue weighted by molar-refractivity contribution is 6.62. The van der Waals surface area contributed by atoms with Crippen molar-refractivity contribution in [3.05, 3.63) is 53.3 Å². The molecule has 176 valence electrons. The van der Waals surface area contributed by atoms with Crippen molar-refractivity contribution in [2.45, 2.75) is 64.0 Å². The maximum Gasteiger partial charge on any atom is 0.494 e. The van der Waals surface area contributed by atoms with Crippen LogP contribution in [-0.2, 0) is 9.31 Å². The zero-order valence-corrected chi connectivity index (χ0v) is 19.3. The van der Waals surface area contributed by atoms with Crippen molar-refractivity contribution < 1.29 is 27.6 Å². The Morgan fingerprint density at radius 1 is 1.18 bits per heavy atom. The molecular weight excluding hydrogens is 443 g/mol. The van der Waals surface area contributed by atoms with E-state index in [-0.39, 0.29) is 23.7 Å². The molecule has 6 rings (SSSR count). The Labute approximate surface area is 195 Å². The van der Waals surface area contributed by atoms with Gasteiger partial charge in [0, 0.05) is 11.1 Å². The first-order valence-corrected chi connectivity index (χ1v) is 11.3. The van der Waals surface area contributed by atoms with E-state index in [0.29, 0.717) is 23.4 Å². The minimum atomic E-state index is -3.00. The van der Waals surface area contributed by atoms with Crippen molar-refractivity contribution in [3.8, 4) is 5.75 Å². The molecule has 2 aromatic carbocycles. The fraction of sp³-hybridized carbons (Fsp3) is 0.417. The summed E-state index contributed by atoms with van der Waals surface area (Å²) in [5, 5.41) is 3.00. The molecule has 2 bridgehead atoms. The molecule has 3 aromatic rings. The first kappa shape index (κ1) is 21.6. The van der Waals surface area contributed by atoms with Gasteiger partial charge in [-0.2, -0.15) is 8.78 Å². The van der Waals surface area contributed by atoms with Gasteiger partial charge in [-0.1, -0.05) is 12.1 Å². The third-order valence-electron chi connectivity index (χ3n) is 7.51. The summed E-state index contributed by atoms with van der Waals surface area (Å²) in [6.07, 6.45) is 0.501. The number of benzene rings is 2. The largest absolute Gasteiger partial charge is 0.494 e. The Morgan fingerprint density at radius 3 is 2.62 bits per heavy atom. The number of carbonyl (C=O) groups is 1. The highest BCUT2D eigenvalue weighted by Crippen LogP contribution is 2.47. The van der Waals surface area contributed by atoms with Crippen LogP contribution in [0.1, 0.15) is 67.9 Å². The summed E-state index contributed by atoms with van der Waals surface area (Å²) in [6.45, 7) is 5.00. The lowest BCUT2D eigenvalue weighted by Crippen LogP contribution is -2.41. The van der Waals surface area contributed by atoms with Crippen LogP contribution >= 0.6 is 0 Å². The van der Waals surface area contributed by atoms with Crippen LogP contribution in [0.5, 0.6) is 5.75 Å². The number of amides is 1. The summed E-state index contributed by atoms with van der Waals surface area (Å²) in [4.78, 5) is 17.7. The molecule has 2 atom stereocenters. The number of carbonyl (C=O) groups excluding carboxylic acids is 1. The van der Waals surface area contributed by atoms with E-state index in [1.807, 2.05) is 50.5 Å². The number of ether oxygens (including phenoxy) is 1. The molecule has 3 aliphatic rings. The Hall–Kier alpha value is -2.98. The molecular formula is C24H24BF2N3O4. The van der Waals surface area contributed by atoms with Crippen molar-refractivity contribution in [1.82, 2.24) is 14.9 Å². The lowest BCUT2D eigenvalue weighted by molar-refractivity contribution is -0.0507. The third-order valence-corrected chi connectivity index (χ3v) is 7.51. The lowest BCUT2D eigenvalue weighted by Gasteiger charge is -2.32. The average molecular weight is 467 g/mol. The SMILES string of the molecule is CC1(C)OB(c2ccc3nc4n(c3c2)[C@@H]2C[C@H]4NC(=O)c3cccc(OC(F)F)c32)OC1(C)C. The smallest absolute Gasteiger partial charge is 0.434 e. The number of aromatic nitrogens is 2. The summed E-state index contributed by atoms with van der Waals surface area (Å²) >= 11 is 0. The van der Waals surface area contributed by atoms with Crippen LogP contribution in [-0.4, -0.2) is 40.4 Å². The fourth-order valence-electron chi connectivity index (χ4n) is 5.15. The quantitative estimate of drug-likeness (QED) is 0.595. The van der Waals surface area contributed by atoms with Crippen LogP contribution in [0, 0.1) is 0 Å². The minimum absolute atomic E-state index is 0.00473. The van der Waals surface area contributed by atoms with E-state index < -0.39 is 24.9 Å². The maximum absolute atomic E-state index is 13.2. The molecule has 0 radical (unpaired) electrons. The first-order chi connectivity index (χ1) is 16.1. The number of imidazole rings is 1. The van der Waals surface area contributed by atoms with Gasteiger partial charge in [0.1, 0.15) is 11.6 Å². The molecule has 1 fully saturated rings. The molecule has 0 saturated carbocycles. The van der Waals surface area contributed by atoms with Crippen LogP contribution in [0.25, 0.3) is 11.0 Å². The normalized spacial score (nSPS) is 24.2. The molecule has 10 heteroatoms. The van der Waals surface area contributed by atoms with Gasteiger partial charge in [-0.15, -0.1) is 0 Å². The highest BCUT2D eigenvalue weighted by Gasteiger charge is 2.52. The monoisotopic (exact) mass is 467 g/mol. The van der Waals surface area contributed by atoms with E-state index in [2.05, 4.69) is 5.32 Å². The summed E-state index contributed by atoms with van der Waals surface area (Å²) in [6, 6.07) is 9.75. The van der Waals surface area contributed by atoms with E-state index in [1.54, 1.807) is 12.1 Å². The van der Waals surface area contributed by atoms with Crippen molar-refractivity contribution >= 4 is 29.5 Å². The number of hydrogen-bond donors (Lipinski definition) is 1. The second kappa shape index (κ2) is 7.02. The second-order valence-electron chi connectivity index (χ2n) is 10.0. The zero-order valence-electron chi connectivity index (χ0n) is 19.3. The molecule has 1 saturated heterocycles. The number of nitrogens with one attached hydrogen (secondary N) is 1. The van der Waals surface area contributed by atoms with E-state index in [0.717, 1.165) is 16.5 Å². The van der Waals surface area contributed by atoms with E-state index in [4.69, 9.17) is 19.0 Å². The first-order valence-electron chi connectivity index (χ1n) is 11.3. The molecule has 1 aromatic heterocycles. The van der Waals surface area contributed by atoms with Gasteiger partial charge in [-0.25, -0.2) is 4.98 Å². The summed E-state index contributed by atoms with van der Waals surface area (Å²) in [5.41, 5.74) is 2.23. The third kappa shape index (κ3) is 3.01. The lowest BCUT2D eigenvalue weighted by atomic mass is 9.79. The molecule has 1 N–H and O–H groups in total. The zero-order chi connectivity index (χ0) is 24.0. The van der Waals surface area contributed by atoms with Gasteiger partial charge >= 0.3 is 13.7 Å². The molecule has 3 aliphatic heterocycles. The van der Waals surface area contributed by atoms with E-state index in [9.17, 15) is 13.6 Å². The minimum Gasteiger partial charge on any atom is -0.434 e. The van der Waals surface area contributed by atoms with Gasteiger partial charge < -0.3 is 23.9 Å². The standard InChI is InChI=1S/C24H24BF2N3O4/c1-23(2)24(3,4)34-25(33-23)12-8-9-14-16(10-12)30-17-11-15(20(30)28-14)29-21(31)13-6-5-7-18(19(13)17)32-22(26)27/h5-10,15,17,22H,11H2,1-4H3,(H,29,31)/t15-,17-/m1/s1. The number of fused-ring (bicyclic) bond motifs is 9. The van der Waals surface area contributed by atoms with Crippen LogP contribution in [0.15, 0.2) is 36.4 Å². The van der Waals surface area contributed by atoms with Crippen LogP contribution in [0.3, 0.4) is 0 Å². The average Bonchev–Trinajstić information content (AvgIpc) is 3.32. The van der Waals surface area contributed by atoms with Gasteiger partial charge in [-0.3, -0.25) is 4.79 Å². The van der Waals surface area contributed by atoms with Gasteiger partial charge in [0.25, 0.3) is 5.91 Å². The molecule has 7 nitrogen and oxygen atoms in total. The van der Waals surface area contributed by atoms with Crippen molar-refractivity contribution in [1.29, 1.82) is 0 Å². The molecule has 1 amide bonds. The van der Waals surface area contributed by atoms with E-state index >= 15 is 0 Å². The maximum atomic E-state index is 13.2. The molecule has 34 heavy (non-hydrogen) atoms. The number of halogens is 2. The number of rotatable bonds is 3. The molecule has 0 spiro atoms. The Bertz CT molecular complexity index is 1320. The topological polar surface area (TPSA) is 74.6 Å². The van der Waals surface area contributed by atoms with Crippen LogP contribution in [0.4, 0.5) is 8.78 Å². The van der Waals surface area contributed by atoms with Gasteiger partial charge in [0.15, 0.2) is 0 Å². The summed E-state index contributed by atoms with van der Waals surface area (Å²) < 4.78 is 45.7. The number of nitrogens with zero attached hydrogens (tertiary/aromatic N) is 2. The van der Waals surface area contributed by atoms with Crippen molar-refractivity contribution in [3.63, 3.8) is 0 Å². The fourth-order valence-corrected chi connectivity index (χ4v) is 5.15. The Morgan fingerprint density at radius 2 is 1.91 bits per heavy atom. The molecule has 0 aliphatic carbocycles. The van der Waals surface area contributed by atoms with Crippen LogP contribution in [0.2, 0.25) is 0 Å². The molecule has 0 unspecified atom stereocenters. The Kier molecular flexibility index (Phi) is 4.45. The van der Waals surface area contributed by atoms with E-state index in [1.165, 1.54) is 6.07 Å². The molecule has 4 heterocycles. The number of alkyl halides is 2. The number of hydrogen-bond acceptors (Lipinski definition) is 5. The predicted molar refractivity (Wildman–Crippen MR) is 121 cm³/mol. The van der Waals surface area contributed by atoms with Crippen molar-refractivity contribution in [2.24, 2.45) is 0 Å². The highest BCUT2D eigenvalue weighted by atomic mass is 19.3. The van der Waals surface area contributed by atoms with Crippen molar-refractivity contribution in [2.75, 3.05) is 0 Å². The second-order valence-corrected chi connectivity index (χ2v) is 10.0. The predicted octanol–water partition coefficient (Wildman–Crippen LogP) is 3.71. The summed E-state index contributed by atoms with van der Waals surface area (Å²) in [5.74, 6) is 0.375. The van der Waals surface area contributed by atoms with Gasteiger partial charge in [0.2, 0.25) is 0 Å². The summed E-state index contributed by atoms with van der Waals surface area (Å²) in [7, 11) is -0.547.